The Labute approximate surface area is 174 Å². The summed E-state index contributed by atoms with van der Waals surface area (Å²) in [5.41, 5.74) is 1.16. The number of anilines is 1. The normalized spacial score (nSPS) is 21.5. The number of amidine groups is 1. The second-order valence-electron chi connectivity index (χ2n) is 7.44. The molecule has 1 fully saturated rings. The molecule has 3 aliphatic heterocycles. The van der Waals surface area contributed by atoms with E-state index in [9.17, 15) is 13.2 Å². The van der Waals surface area contributed by atoms with Gasteiger partial charge in [-0.15, -0.1) is 4.40 Å². The van der Waals surface area contributed by atoms with Gasteiger partial charge in [0.2, 0.25) is 5.91 Å². The molecular weight excluding hydrogens is 406 g/mol. The number of sulfonamides is 1. The van der Waals surface area contributed by atoms with Gasteiger partial charge in [0, 0.05) is 30.3 Å². The number of fused-ring (bicyclic) bond motifs is 2. The molecule has 0 unspecified atom stereocenters. The minimum atomic E-state index is -3.73. The fourth-order valence-corrected chi connectivity index (χ4v) is 5.27. The summed E-state index contributed by atoms with van der Waals surface area (Å²) in [4.78, 5) is 15.0. The van der Waals surface area contributed by atoms with Crippen LogP contribution in [0.2, 0.25) is 0 Å². The zero-order valence-electron chi connectivity index (χ0n) is 16.2. The number of nitrogens with one attached hydrogen (secondary N) is 1. The van der Waals surface area contributed by atoms with Crippen LogP contribution in [0.3, 0.4) is 0 Å². The van der Waals surface area contributed by atoms with Crippen LogP contribution >= 0.6 is 0 Å². The highest BCUT2D eigenvalue weighted by molar-refractivity contribution is 7.90. The highest BCUT2D eigenvalue weighted by Gasteiger charge is 2.39. The van der Waals surface area contributed by atoms with Crippen LogP contribution in [-0.2, 0) is 14.8 Å². The van der Waals surface area contributed by atoms with Crippen LogP contribution < -0.4 is 14.8 Å². The number of benzene rings is 2. The van der Waals surface area contributed by atoms with Crippen LogP contribution in [-0.4, -0.2) is 50.9 Å². The number of carbonyl (C=O) groups is 1. The van der Waals surface area contributed by atoms with Gasteiger partial charge in [-0.05, 0) is 37.1 Å². The number of ether oxygens (including phenoxy) is 2. The maximum Gasteiger partial charge on any atom is 0.285 e. The van der Waals surface area contributed by atoms with Gasteiger partial charge in [-0.25, -0.2) is 0 Å². The molecule has 0 bridgehead atoms. The zero-order chi connectivity index (χ0) is 20.7. The molecule has 0 saturated carbocycles. The molecule has 1 amide bonds. The molecule has 0 aromatic heterocycles. The first-order chi connectivity index (χ1) is 14.5. The first kappa shape index (κ1) is 18.9. The number of nitrogens with zero attached hydrogens (tertiary/aromatic N) is 2. The van der Waals surface area contributed by atoms with Gasteiger partial charge in [-0.3, -0.25) is 4.79 Å². The van der Waals surface area contributed by atoms with Crippen LogP contribution in [0.5, 0.6) is 11.5 Å². The van der Waals surface area contributed by atoms with E-state index >= 15 is 0 Å². The molecule has 1 N–H and O–H groups in total. The molecule has 30 heavy (non-hydrogen) atoms. The predicted octanol–water partition coefficient (Wildman–Crippen LogP) is 2.40. The molecule has 5 rings (SSSR count). The summed E-state index contributed by atoms with van der Waals surface area (Å²) in [6.45, 7) is 1.73. The molecule has 2 aromatic carbocycles. The van der Waals surface area contributed by atoms with Gasteiger partial charge in [-0.1, -0.05) is 12.1 Å². The summed E-state index contributed by atoms with van der Waals surface area (Å²) in [5.74, 6) is 1.41. The highest BCUT2D eigenvalue weighted by Crippen LogP contribution is 2.34. The summed E-state index contributed by atoms with van der Waals surface area (Å²) in [6.07, 6.45) is 2.21. The lowest BCUT2D eigenvalue weighted by Gasteiger charge is -2.25. The largest absolute Gasteiger partial charge is 0.490 e. The van der Waals surface area contributed by atoms with Gasteiger partial charge < -0.3 is 19.7 Å². The summed E-state index contributed by atoms with van der Waals surface area (Å²) in [7, 11) is -3.73. The number of hydrogen-bond acceptors (Lipinski definition) is 6. The van der Waals surface area contributed by atoms with Gasteiger partial charge in [0.05, 0.1) is 13.2 Å². The lowest BCUT2D eigenvalue weighted by Crippen LogP contribution is -2.43. The Balaban J connectivity index is 1.39. The maximum absolute atomic E-state index is 13.1. The smallest absolute Gasteiger partial charge is 0.285 e. The van der Waals surface area contributed by atoms with Crippen molar-refractivity contribution in [1.29, 1.82) is 0 Å². The van der Waals surface area contributed by atoms with Crippen LogP contribution in [0, 0.1) is 0 Å². The number of hydrogen-bond donors (Lipinski definition) is 1. The van der Waals surface area contributed by atoms with E-state index in [-0.39, 0.29) is 10.8 Å². The second kappa shape index (κ2) is 7.32. The molecule has 0 spiro atoms. The SMILES string of the molecule is O=C(Nc1ccc2c(c1)OCCCO2)[C@@H]1CCCN1C1=NS(=O)(=O)c2ccccc21. The maximum atomic E-state index is 13.1. The molecule has 3 heterocycles. The zero-order valence-corrected chi connectivity index (χ0v) is 17.0. The minimum absolute atomic E-state index is 0.189. The van der Waals surface area contributed by atoms with E-state index in [0.717, 1.165) is 12.8 Å². The molecule has 1 saturated heterocycles. The molecular formula is C21H21N3O5S. The van der Waals surface area contributed by atoms with Gasteiger partial charge in [0.1, 0.15) is 10.9 Å². The third kappa shape index (κ3) is 3.28. The highest BCUT2D eigenvalue weighted by atomic mass is 32.2. The van der Waals surface area contributed by atoms with Crippen molar-refractivity contribution < 1.29 is 22.7 Å². The molecule has 9 heteroatoms. The van der Waals surface area contributed by atoms with Crippen LogP contribution in [0.15, 0.2) is 51.8 Å². The number of likely N-dealkylation sites (tertiary alicyclic amines) is 1. The number of amides is 1. The second-order valence-corrected chi connectivity index (χ2v) is 9.01. The van der Waals surface area contributed by atoms with E-state index in [0.29, 0.717) is 54.8 Å². The Morgan fingerprint density at radius 3 is 2.73 bits per heavy atom. The number of carbonyl (C=O) groups excluding carboxylic acids is 1. The predicted molar refractivity (Wildman–Crippen MR) is 111 cm³/mol. The first-order valence-electron chi connectivity index (χ1n) is 9.94. The monoisotopic (exact) mass is 427 g/mol. The van der Waals surface area contributed by atoms with E-state index in [1.807, 2.05) is 0 Å². The Kier molecular flexibility index (Phi) is 4.62. The molecule has 156 valence electrons. The molecule has 3 aliphatic rings. The van der Waals surface area contributed by atoms with E-state index in [1.54, 1.807) is 47.4 Å². The fourth-order valence-electron chi connectivity index (χ4n) is 4.06. The van der Waals surface area contributed by atoms with Crippen molar-refractivity contribution in [2.24, 2.45) is 4.40 Å². The van der Waals surface area contributed by atoms with Crippen LogP contribution in [0.4, 0.5) is 5.69 Å². The quantitative estimate of drug-likeness (QED) is 0.791. The molecule has 1 atom stereocenters. The Bertz CT molecular complexity index is 1150. The topological polar surface area (TPSA) is 97.3 Å². The Morgan fingerprint density at radius 1 is 1.07 bits per heavy atom. The van der Waals surface area contributed by atoms with E-state index in [1.165, 1.54) is 0 Å². The molecule has 0 aliphatic carbocycles. The van der Waals surface area contributed by atoms with Crippen molar-refractivity contribution in [3.63, 3.8) is 0 Å². The lowest BCUT2D eigenvalue weighted by molar-refractivity contribution is -0.119. The van der Waals surface area contributed by atoms with Crippen molar-refractivity contribution in [3.05, 3.63) is 48.0 Å². The summed E-state index contributed by atoms with van der Waals surface area (Å²) >= 11 is 0. The van der Waals surface area contributed by atoms with Crippen molar-refractivity contribution in [1.82, 2.24) is 4.90 Å². The van der Waals surface area contributed by atoms with Crippen molar-refractivity contribution in [2.75, 3.05) is 25.1 Å². The summed E-state index contributed by atoms with van der Waals surface area (Å²) < 4.78 is 40.1. The van der Waals surface area contributed by atoms with Crippen molar-refractivity contribution >= 4 is 27.5 Å². The fraction of sp³-hybridized carbons (Fsp3) is 0.333. The molecule has 0 radical (unpaired) electrons. The van der Waals surface area contributed by atoms with Crippen LogP contribution in [0.1, 0.15) is 24.8 Å². The average Bonchev–Trinajstić information content (AvgIpc) is 3.23. The minimum Gasteiger partial charge on any atom is -0.490 e. The van der Waals surface area contributed by atoms with Crippen molar-refractivity contribution in [3.8, 4) is 11.5 Å². The first-order valence-corrected chi connectivity index (χ1v) is 11.4. The van der Waals surface area contributed by atoms with E-state index in [2.05, 4.69) is 9.71 Å². The van der Waals surface area contributed by atoms with Crippen molar-refractivity contribution in [2.45, 2.75) is 30.2 Å². The van der Waals surface area contributed by atoms with Gasteiger partial charge in [-0.2, -0.15) is 8.42 Å². The summed E-state index contributed by atoms with van der Waals surface area (Å²) in [6, 6.07) is 11.5. The number of rotatable bonds is 2. The van der Waals surface area contributed by atoms with Crippen LogP contribution in [0.25, 0.3) is 0 Å². The van der Waals surface area contributed by atoms with Gasteiger partial charge in [0.25, 0.3) is 10.0 Å². The van der Waals surface area contributed by atoms with Gasteiger partial charge >= 0.3 is 0 Å². The summed E-state index contributed by atoms with van der Waals surface area (Å²) in [5, 5.41) is 2.93. The van der Waals surface area contributed by atoms with Gasteiger partial charge in [0.15, 0.2) is 17.3 Å². The third-order valence-corrected chi connectivity index (χ3v) is 6.78. The third-order valence-electron chi connectivity index (χ3n) is 5.46. The van der Waals surface area contributed by atoms with E-state index in [4.69, 9.17) is 9.47 Å². The average molecular weight is 427 g/mol. The van der Waals surface area contributed by atoms with E-state index < -0.39 is 16.1 Å². The Hall–Kier alpha value is -3.07. The molecule has 8 nitrogen and oxygen atoms in total. The standard InChI is InChI=1S/C21H21N3O5S/c25-21(22-14-8-9-17-18(13-14)29-12-4-11-28-17)16-6-3-10-24(16)20-15-5-1-2-7-19(15)30(26,27)23-20/h1-2,5,7-9,13,16H,3-4,6,10-12H2,(H,22,25)/t16-/m0/s1. The Morgan fingerprint density at radius 2 is 1.87 bits per heavy atom. The molecule has 2 aromatic rings. The lowest BCUT2D eigenvalue weighted by atomic mass is 10.1.